The van der Waals surface area contributed by atoms with Gasteiger partial charge in [0.2, 0.25) is 0 Å². The third kappa shape index (κ3) is 2.54. The summed E-state index contributed by atoms with van der Waals surface area (Å²) in [6, 6.07) is 5.06. The lowest BCUT2D eigenvalue weighted by molar-refractivity contribution is 0.0697. The van der Waals surface area contributed by atoms with Crippen molar-refractivity contribution in [2.45, 2.75) is 26.8 Å². The number of fused-ring (bicyclic) bond motifs is 1. The molecule has 2 heterocycles. The third-order valence-electron chi connectivity index (χ3n) is 3.37. The van der Waals surface area contributed by atoms with Crippen LogP contribution in [0.25, 0.3) is 11.0 Å². The van der Waals surface area contributed by atoms with Gasteiger partial charge in [-0.2, -0.15) is 0 Å². The van der Waals surface area contributed by atoms with Gasteiger partial charge in [-0.05, 0) is 25.1 Å². The van der Waals surface area contributed by atoms with E-state index in [1.807, 2.05) is 20.0 Å². The second-order valence-electron chi connectivity index (χ2n) is 4.82. The van der Waals surface area contributed by atoms with Gasteiger partial charge in [0, 0.05) is 17.5 Å². The number of hydrogen-bond donors (Lipinski definition) is 1. The maximum atomic E-state index is 11.2. The molecule has 0 amide bonds. The quantitative estimate of drug-likeness (QED) is 0.804. The number of hydrogen-bond acceptors (Lipinski definition) is 4. The van der Waals surface area contributed by atoms with Gasteiger partial charge >= 0.3 is 5.97 Å². The topological polar surface area (TPSA) is 68.0 Å². The summed E-state index contributed by atoms with van der Waals surface area (Å²) in [7, 11) is 0. The molecule has 5 nitrogen and oxygen atoms in total. The summed E-state index contributed by atoms with van der Waals surface area (Å²) in [6.45, 7) is 4.70. The molecule has 6 heteroatoms. The molecule has 3 aromatic rings. The average molecular weight is 301 g/mol. The fourth-order valence-corrected chi connectivity index (χ4v) is 3.17. The van der Waals surface area contributed by atoms with Crippen molar-refractivity contribution in [3.8, 4) is 0 Å². The van der Waals surface area contributed by atoms with Crippen molar-refractivity contribution in [1.82, 2.24) is 14.5 Å². The molecule has 1 N–H and O–H groups in total. The van der Waals surface area contributed by atoms with Crippen LogP contribution in [-0.2, 0) is 13.0 Å². The summed E-state index contributed by atoms with van der Waals surface area (Å²) in [5.41, 5.74) is 1.97. The first kappa shape index (κ1) is 13.8. The molecule has 0 bridgehead atoms. The molecule has 1 aromatic carbocycles. The van der Waals surface area contributed by atoms with Crippen LogP contribution in [0.1, 0.15) is 33.0 Å². The number of rotatable bonds is 4. The van der Waals surface area contributed by atoms with Gasteiger partial charge in [0.1, 0.15) is 5.82 Å². The predicted molar refractivity (Wildman–Crippen MR) is 82.0 cm³/mol. The average Bonchev–Trinajstić information content (AvgIpc) is 3.02. The highest BCUT2D eigenvalue weighted by atomic mass is 32.1. The van der Waals surface area contributed by atoms with Crippen molar-refractivity contribution in [3.05, 3.63) is 45.7 Å². The highest BCUT2D eigenvalue weighted by Gasteiger charge is 2.13. The van der Waals surface area contributed by atoms with Crippen LogP contribution < -0.4 is 0 Å². The minimum atomic E-state index is -0.920. The van der Waals surface area contributed by atoms with E-state index in [9.17, 15) is 4.79 Å². The Morgan fingerprint density at radius 2 is 2.24 bits per heavy atom. The maximum Gasteiger partial charge on any atom is 0.335 e. The van der Waals surface area contributed by atoms with E-state index in [2.05, 4.69) is 14.5 Å². The molecule has 0 unspecified atom stereocenters. The first-order valence-electron chi connectivity index (χ1n) is 6.72. The van der Waals surface area contributed by atoms with Gasteiger partial charge in [-0.3, -0.25) is 0 Å². The third-order valence-corrected chi connectivity index (χ3v) is 4.27. The van der Waals surface area contributed by atoms with E-state index in [1.165, 1.54) is 0 Å². The number of carbonyl (C=O) groups is 1. The van der Waals surface area contributed by atoms with Gasteiger partial charge in [-0.15, -0.1) is 11.3 Å². The van der Waals surface area contributed by atoms with Crippen molar-refractivity contribution < 1.29 is 9.90 Å². The lowest BCUT2D eigenvalue weighted by Gasteiger charge is -2.06. The van der Waals surface area contributed by atoms with Crippen LogP contribution >= 0.6 is 11.3 Å². The second-order valence-corrected chi connectivity index (χ2v) is 6.14. The van der Waals surface area contributed by atoms with Crippen molar-refractivity contribution in [1.29, 1.82) is 0 Å². The highest BCUT2D eigenvalue weighted by molar-refractivity contribution is 7.11. The molecular weight excluding hydrogens is 286 g/mol. The van der Waals surface area contributed by atoms with E-state index < -0.39 is 5.97 Å². The zero-order chi connectivity index (χ0) is 15.0. The van der Waals surface area contributed by atoms with Crippen LogP contribution in [-0.4, -0.2) is 25.6 Å². The van der Waals surface area contributed by atoms with E-state index in [-0.39, 0.29) is 5.56 Å². The standard InChI is InChI=1S/C15H15N3O2S/c1-3-14-17-12-5-4-10(15(19)20)6-13(12)18(14)8-11-7-16-9(2)21-11/h4-7H,3,8H2,1-2H3,(H,19,20). The van der Waals surface area contributed by atoms with Crippen LogP contribution in [0.5, 0.6) is 0 Å². The molecular formula is C15H15N3O2S. The Labute approximate surface area is 125 Å². The van der Waals surface area contributed by atoms with E-state index in [1.54, 1.807) is 29.5 Å². The summed E-state index contributed by atoms with van der Waals surface area (Å²) in [6.07, 6.45) is 2.67. The number of nitrogens with zero attached hydrogens (tertiary/aromatic N) is 3. The van der Waals surface area contributed by atoms with Gasteiger partial charge in [0.25, 0.3) is 0 Å². The minimum Gasteiger partial charge on any atom is -0.478 e. The van der Waals surface area contributed by atoms with Crippen molar-refractivity contribution in [2.24, 2.45) is 0 Å². The molecule has 0 aliphatic heterocycles. The fourth-order valence-electron chi connectivity index (χ4n) is 2.39. The Kier molecular flexibility index (Phi) is 3.47. The summed E-state index contributed by atoms with van der Waals surface area (Å²) >= 11 is 1.65. The number of carboxylic acids is 1. The zero-order valence-corrected chi connectivity index (χ0v) is 12.6. The minimum absolute atomic E-state index is 0.284. The number of imidazole rings is 1. The van der Waals surface area contributed by atoms with E-state index >= 15 is 0 Å². The second kappa shape index (κ2) is 5.29. The number of aromatic nitrogens is 3. The molecule has 0 aliphatic carbocycles. The number of thiazole rings is 1. The molecule has 3 rings (SSSR count). The molecule has 2 aromatic heterocycles. The largest absolute Gasteiger partial charge is 0.478 e. The summed E-state index contributed by atoms with van der Waals surface area (Å²) in [5.74, 6) is 0.0370. The van der Waals surface area contributed by atoms with Crippen LogP contribution in [0.4, 0.5) is 0 Å². The van der Waals surface area contributed by atoms with Crippen LogP contribution in [0.2, 0.25) is 0 Å². The smallest absolute Gasteiger partial charge is 0.335 e. The Morgan fingerprint density at radius 1 is 1.43 bits per heavy atom. The molecule has 21 heavy (non-hydrogen) atoms. The first-order valence-corrected chi connectivity index (χ1v) is 7.54. The Bertz CT molecular complexity index is 820. The fraction of sp³-hybridized carbons (Fsp3) is 0.267. The molecule has 0 saturated carbocycles. The van der Waals surface area contributed by atoms with Crippen molar-refractivity contribution >= 4 is 28.3 Å². The number of carboxylic acid groups (broad SMARTS) is 1. The van der Waals surface area contributed by atoms with Crippen LogP contribution in [0, 0.1) is 6.92 Å². The van der Waals surface area contributed by atoms with Crippen LogP contribution in [0.15, 0.2) is 24.4 Å². The molecule has 0 radical (unpaired) electrons. The molecule has 108 valence electrons. The monoisotopic (exact) mass is 301 g/mol. The van der Waals surface area contributed by atoms with E-state index in [0.717, 1.165) is 33.2 Å². The van der Waals surface area contributed by atoms with Gasteiger partial charge in [0.05, 0.1) is 28.1 Å². The first-order chi connectivity index (χ1) is 10.1. The maximum absolute atomic E-state index is 11.2. The number of aryl methyl sites for hydroxylation is 2. The SMILES string of the molecule is CCc1nc2ccc(C(=O)O)cc2n1Cc1cnc(C)s1. The predicted octanol–water partition coefficient (Wildman–Crippen LogP) is 3.11. The Balaban J connectivity index is 2.13. The summed E-state index contributed by atoms with van der Waals surface area (Å²) in [5, 5.41) is 10.2. The summed E-state index contributed by atoms with van der Waals surface area (Å²) in [4.78, 5) is 21.2. The highest BCUT2D eigenvalue weighted by Crippen LogP contribution is 2.22. The number of aromatic carboxylic acids is 1. The van der Waals surface area contributed by atoms with E-state index in [0.29, 0.717) is 6.54 Å². The van der Waals surface area contributed by atoms with Crippen molar-refractivity contribution in [2.75, 3.05) is 0 Å². The Morgan fingerprint density at radius 3 is 2.86 bits per heavy atom. The molecule has 0 spiro atoms. The molecule has 0 atom stereocenters. The zero-order valence-electron chi connectivity index (χ0n) is 11.8. The number of benzene rings is 1. The van der Waals surface area contributed by atoms with Crippen molar-refractivity contribution in [3.63, 3.8) is 0 Å². The summed E-state index contributed by atoms with van der Waals surface area (Å²) < 4.78 is 2.08. The normalized spacial score (nSPS) is 11.1. The molecule has 0 fully saturated rings. The lowest BCUT2D eigenvalue weighted by atomic mass is 10.2. The Hall–Kier alpha value is -2.21. The van der Waals surface area contributed by atoms with Gasteiger partial charge in [-0.1, -0.05) is 6.92 Å². The molecule has 0 saturated heterocycles. The van der Waals surface area contributed by atoms with Crippen LogP contribution in [0.3, 0.4) is 0 Å². The van der Waals surface area contributed by atoms with E-state index in [4.69, 9.17) is 5.11 Å². The molecule has 0 aliphatic rings. The van der Waals surface area contributed by atoms with Gasteiger partial charge in [-0.25, -0.2) is 14.8 Å². The van der Waals surface area contributed by atoms with Gasteiger partial charge < -0.3 is 9.67 Å². The van der Waals surface area contributed by atoms with Gasteiger partial charge in [0.15, 0.2) is 0 Å². The lowest BCUT2D eigenvalue weighted by Crippen LogP contribution is -2.04.